The Morgan fingerprint density at radius 3 is 1.69 bits per heavy atom. The van der Waals surface area contributed by atoms with E-state index in [-0.39, 0.29) is 6.29 Å². The molecule has 0 bridgehead atoms. The third kappa shape index (κ3) is 10.1. The van der Waals surface area contributed by atoms with Gasteiger partial charge in [-0.2, -0.15) is 0 Å². The summed E-state index contributed by atoms with van der Waals surface area (Å²) in [4.78, 5) is 9.90. The molecule has 0 aliphatic heterocycles. The fraction of sp³-hybridized carbons (Fsp3) is 0.833. The molecule has 0 unspecified atom stereocenters. The number of carbonyl (C=O) groups excluding carboxylic acids is 1. The zero-order valence-corrected chi connectivity index (χ0v) is 11.3. The molecule has 0 spiro atoms. The van der Waals surface area contributed by atoms with Gasteiger partial charge in [0.25, 0.3) is 0 Å². The molecule has 0 saturated carbocycles. The first-order chi connectivity index (χ1) is 7.27. The van der Waals surface area contributed by atoms with Gasteiger partial charge < -0.3 is 30.3 Å². The van der Waals surface area contributed by atoms with Crippen molar-refractivity contribution in [3.05, 3.63) is 0 Å². The van der Waals surface area contributed by atoms with Crippen LogP contribution in [0.1, 0.15) is 0 Å². The van der Waals surface area contributed by atoms with Gasteiger partial charge in [-0.15, -0.1) is 0 Å². The van der Waals surface area contributed by atoms with Crippen LogP contribution < -0.4 is 0 Å². The fourth-order valence-electron chi connectivity index (χ4n) is 0.618. The Bertz CT molecular complexity index is 183. The second-order valence-electron chi connectivity index (χ2n) is 2.53. The molecule has 0 amide bonds. The molecule has 10 heteroatoms. The molecule has 0 aliphatic rings. The maximum atomic E-state index is 9.90. The van der Waals surface area contributed by atoms with Crippen LogP contribution in [0.3, 0.4) is 0 Å². The predicted octanol–water partition coefficient (Wildman–Crippen LogP) is -1.31. The summed E-state index contributed by atoms with van der Waals surface area (Å²) in [7, 11) is 14.8. The van der Waals surface area contributed by atoms with Gasteiger partial charge in [-0.05, 0) is 0 Å². The Kier molecular flexibility index (Phi) is 13.2. The molecule has 0 aromatic heterocycles. The Balaban J connectivity index is 0. The summed E-state index contributed by atoms with van der Waals surface area (Å²) in [5.41, 5.74) is 0. The van der Waals surface area contributed by atoms with Gasteiger partial charge in [0.2, 0.25) is 0 Å². The second kappa shape index (κ2) is 11.0. The van der Waals surface area contributed by atoms with Crippen molar-refractivity contribution in [3.8, 4) is 0 Å². The molecule has 0 aliphatic carbocycles. The van der Waals surface area contributed by atoms with E-state index in [1.54, 1.807) is 0 Å². The van der Waals surface area contributed by atoms with E-state index < -0.39 is 42.4 Å². The summed E-state index contributed by atoms with van der Waals surface area (Å²) in [6, 6.07) is 0. The molecule has 0 saturated heterocycles. The first kappa shape index (κ1) is 19.2. The minimum atomic E-state index is -1.79. The molecule has 6 nitrogen and oxygen atoms in total. The Morgan fingerprint density at radius 2 is 1.44 bits per heavy atom. The quantitative estimate of drug-likeness (QED) is 0.397. The van der Waals surface area contributed by atoms with Crippen molar-refractivity contribution in [2.45, 2.75) is 24.4 Å². The van der Waals surface area contributed by atoms with Crippen molar-refractivity contribution in [2.75, 3.05) is 6.61 Å². The van der Waals surface area contributed by atoms with Crippen molar-refractivity contribution in [1.29, 1.82) is 0 Å². The Morgan fingerprint density at radius 1 is 1.06 bits per heavy atom. The third-order valence-electron chi connectivity index (χ3n) is 1.42. The minimum absolute atomic E-state index is 0.0258. The van der Waals surface area contributed by atoms with Gasteiger partial charge in [-0.25, -0.2) is 0 Å². The first-order valence-corrected chi connectivity index (χ1v) is 9.05. The van der Waals surface area contributed by atoms with E-state index in [0.29, 0.717) is 0 Å². The van der Waals surface area contributed by atoms with Crippen LogP contribution in [0.4, 0.5) is 0 Å². The molecule has 5 N–H and O–H groups in total. The van der Waals surface area contributed by atoms with Gasteiger partial charge in [-0.1, -0.05) is 0 Å². The van der Waals surface area contributed by atoms with Gasteiger partial charge in [0.15, 0.2) is 6.29 Å². The van der Waals surface area contributed by atoms with Gasteiger partial charge >= 0.3 is 41.5 Å². The average molecular weight is 339 g/mol. The van der Waals surface area contributed by atoms with Crippen LogP contribution in [0.25, 0.3) is 0 Å². The number of halogens is 3. The van der Waals surface area contributed by atoms with E-state index in [0.717, 1.165) is 0 Å². The zero-order chi connectivity index (χ0) is 13.3. The summed E-state index contributed by atoms with van der Waals surface area (Å²) >= 11 is -1.62. The van der Waals surface area contributed by atoms with Gasteiger partial charge in [0.1, 0.15) is 24.4 Å². The molecule has 0 aromatic carbocycles. The fourth-order valence-corrected chi connectivity index (χ4v) is 0.618. The van der Waals surface area contributed by atoms with Crippen molar-refractivity contribution in [1.82, 2.24) is 0 Å². The summed E-state index contributed by atoms with van der Waals surface area (Å²) in [5, 5.41) is 43.5. The van der Waals surface area contributed by atoms with E-state index in [4.69, 9.17) is 55.7 Å². The predicted molar refractivity (Wildman–Crippen MR) is 54.7 cm³/mol. The molecule has 4 atom stereocenters. The third-order valence-corrected chi connectivity index (χ3v) is 1.42. The molecule has 0 heterocycles. The number of aliphatic hydroxyl groups excluding tert-OH is 5. The van der Waals surface area contributed by atoms with E-state index in [1.165, 1.54) is 0 Å². The Hall–Kier alpha value is 0.872. The topological polar surface area (TPSA) is 118 Å². The molecule has 0 rings (SSSR count). The van der Waals surface area contributed by atoms with Crippen molar-refractivity contribution >= 4 is 36.4 Å². The summed E-state index contributed by atoms with van der Waals surface area (Å²) < 4.78 is 0. The van der Waals surface area contributed by atoms with Gasteiger partial charge in [0.05, 0.1) is 6.61 Å². The maximum absolute atomic E-state index is 9.90. The zero-order valence-electron chi connectivity index (χ0n) is 7.78. The standard InChI is InChI=1S/C6H12O6.3ClH.Cr/c7-1-3(9)5(11)6(12)4(10)2-8;;;;/h1,3-6,8-12H,2H2;3*1H;/q;;;;+3/p-3/t3-,4+,5+,6+;;;;/m0..../s1. The number of hydrogen-bond donors (Lipinski definition) is 5. The average Bonchev–Trinajstić information content (AvgIpc) is 2.24. The normalized spacial score (nSPS) is 18.1. The van der Waals surface area contributed by atoms with Crippen LogP contribution >= 0.6 is 30.1 Å². The van der Waals surface area contributed by atoms with Crippen molar-refractivity contribution in [2.24, 2.45) is 0 Å². The van der Waals surface area contributed by atoms with E-state index in [2.05, 4.69) is 0 Å². The van der Waals surface area contributed by atoms with Crippen LogP contribution in [-0.4, -0.2) is 62.8 Å². The van der Waals surface area contributed by atoms with Crippen LogP contribution in [0, 0.1) is 0 Å². The molecule has 0 fully saturated rings. The van der Waals surface area contributed by atoms with Crippen molar-refractivity contribution < 1.29 is 41.7 Å². The van der Waals surface area contributed by atoms with E-state index in [9.17, 15) is 4.79 Å². The van der Waals surface area contributed by atoms with E-state index in [1.807, 2.05) is 0 Å². The molecule has 16 heavy (non-hydrogen) atoms. The van der Waals surface area contributed by atoms with Crippen LogP contribution in [0.15, 0.2) is 0 Å². The monoisotopic (exact) mass is 337 g/mol. The molecule has 99 valence electrons. The van der Waals surface area contributed by atoms with Gasteiger partial charge in [-0.3, -0.25) is 0 Å². The molecule has 0 radical (unpaired) electrons. The summed E-state index contributed by atoms with van der Waals surface area (Å²) in [6.45, 7) is -0.760. The van der Waals surface area contributed by atoms with E-state index >= 15 is 0 Å². The van der Waals surface area contributed by atoms with Crippen LogP contribution in [-0.2, 0) is 16.2 Å². The number of hydrogen-bond acceptors (Lipinski definition) is 6. The number of aliphatic hydroxyl groups is 5. The SMILES string of the molecule is O=C[C@H](O)[C@@H](O)[C@H](O)[C@H](O)CO.[Cl][Cr]([Cl])[Cl]. The first-order valence-electron chi connectivity index (χ1n) is 3.79. The molecule has 0 aromatic rings. The van der Waals surface area contributed by atoms with Gasteiger partial charge in [0, 0.05) is 0 Å². The number of rotatable bonds is 5. The Labute approximate surface area is 109 Å². The van der Waals surface area contributed by atoms with Crippen LogP contribution in [0.2, 0.25) is 0 Å². The van der Waals surface area contributed by atoms with Crippen molar-refractivity contribution in [3.63, 3.8) is 0 Å². The molecular formula is C6H12Cl3CrO6. The molecular weight excluding hydrogens is 326 g/mol. The number of carbonyl (C=O) groups is 1. The summed E-state index contributed by atoms with van der Waals surface area (Å²) in [5.74, 6) is 0. The number of aldehydes is 1. The summed E-state index contributed by atoms with van der Waals surface area (Å²) in [6.07, 6.45) is -6.84. The second-order valence-corrected chi connectivity index (χ2v) is 8.85. The van der Waals surface area contributed by atoms with Crippen LogP contribution in [0.5, 0.6) is 0 Å².